The summed E-state index contributed by atoms with van der Waals surface area (Å²) in [6, 6.07) is 6.21. The van der Waals surface area contributed by atoms with E-state index in [2.05, 4.69) is 23.9 Å². The van der Waals surface area contributed by atoms with Gasteiger partial charge in [-0.3, -0.25) is 0 Å². The predicted octanol–water partition coefficient (Wildman–Crippen LogP) is 4.97. The third kappa shape index (κ3) is 6.36. The molecule has 0 amide bonds. The summed E-state index contributed by atoms with van der Waals surface area (Å²) in [5.74, 6) is -0.195. The lowest BCUT2D eigenvalue weighted by Crippen LogP contribution is -2.18. The Morgan fingerprint density at radius 3 is 2.26 bits per heavy atom. The Balaban J connectivity index is 2.55. The van der Waals surface area contributed by atoms with E-state index in [-0.39, 0.29) is 5.75 Å². The topological polar surface area (TPSA) is 21.3 Å². The second kappa shape index (κ2) is 7.26. The molecule has 0 bridgehead atoms. The van der Waals surface area contributed by atoms with E-state index in [1.807, 2.05) is 0 Å². The Bertz CT molecular complexity index is 362. The minimum atomic E-state index is -4.64. The molecule has 0 aromatic heterocycles. The van der Waals surface area contributed by atoms with Crippen LogP contribution >= 0.6 is 0 Å². The highest BCUT2D eigenvalue weighted by atomic mass is 19.4. The SMILES string of the molecule is CCCCC(CC)Nc1ccc(OC(F)(F)F)cc1. The summed E-state index contributed by atoms with van der Waals surface area (Å²) in [5, 5.41) is 3.32. The van der Waals surface area contributed by atoms with Crippen LogP contribution in [0.1, 0.15) is 39.5 Å². The third-order valence-corrected chi connectivity index (χ3v) is 2.86. The number of halogens is 3. The number of benzene rings is 1. The fourth-order valence-corrected chi connectivity index (χ4v) is 1.82. The molecule has 0 radical (unpaired) electrons. The van der Waals surface area contributed by atoms with Crippen LogP contribution in [0.3, 0.4) is 0 Å². The summed E-state index contributed by atoms with van der Waals surface area (Å²) in [6.45, 7) is 4.23. The van der Waals surface area contributed by atoms with E-state index in [0.29, 0.717) is 6.04 Å². The Kier molecular flexibility index (Phi) is 5.99. The number of hydrogen-bond donors (Lipinski definition) is 1. The molecule has 1 rings (SSSR count). The molecule has 0 aliphatic heterocycles. The van der Waals surface area contributed by atoms with Crippen molar-refractivity contribution in [3.63, 3.8) is 0 Å². The first-order chi connectivity index (χ1) is 8.94. The van der Waals surface area contributed by atoms with Crippen LogP contribution in [0.15, 0.2) is 24.3 Å². The normalized spacial score (nSPS) is 13.1. The fraction of sp³-hybridized carbons (Fsp3) is 0.571. The molecule has 1 aromatic rings. The number of ether oxygens (including phenoxy) is 1. The first kappa shape index (κ1) is 15.7. The average molecular weight is 275 g/mol. The van der Waals surface area contributed by atoms with E-state index in [1.54, 1.807) is 12.1 Å². The van der Waals surface area contributed by atoms with Gasteiger partial charge in [0.25, 0.3) is 0 Å². The van der Waals surface area contributed by atoms with Gasteiger partial charge in [0.05, 0.1) is 0 Å². The highest BCUT2D eigenvalue weighted by Crippen LogP contribution is 2.24. The van der Waals surface area contributed by atoms with Crippen molar-refractivity contribution in [2.24, 2.45) is 0 Å². The molecule has 0 saturated heterocycles. The first-order valence-electron chi connectivity index (χ1n) is 6.57. The van der Waals surface area contributed by atoms with Gasteiger partial charge in [0.2, 0.25) is 0 Å². The molecular formula is C14H20F3NO. The van der Waals surface area contributed by atoms with Gasteiger partial charge in [0, 0.05) is 11.7 Å². The smallest absolute Gasteiger partial charge is 0.406 e. The van der Waals surface area contributed by atoms with Gasteiger partial charge >= 0.3 is 6.36 Å². The fourth-order valence-electron chi connectivity index (χ4n) is 1.82. The largest absolute Gasteiger partial charge is 0.573 e. The van der Waals surface area contributed by atoms with Gasteiger partial charge in [-0.05, 0) is 37.1 Å². The Morgan fingerprint density at radius 1 is 1.16 bits per heavy atom. The molecule has 108 valence electrons. The molecule has 1 unspecified atom stereocenters. The summed E-state index contributed by atoms with van der Waals surface area (Å²) >= 11 is 0. The molecule has 1 aromatic carbocycles. The number of anilines is 1. The average Bonchev–Trinajstić information content (AvgIpc) is 2.34. The summed E-state index contributed by atoms with van der Waals surface area (Å²) in [5.41, 5.74) is 0.817. The van der Waals surface area contributed by atoms with Crippen LogP contribution in [0.25, 0.3) is 0 Å². The van der Waals surface area contributed by atoms with Crippen LogP contribution in [0.4, 0.5) is 18.9 Å². The maximum Gasteiger partial charge on any atom is 0.573 e. The number of rotatable bonds is 7. The molecule has 0 aliphatic carbocycles. The summed E-state index contributed by atoms with van der Waals surface area (Å²) in [7, 11) is 0. The molecule has 2 nitrogen and oxygen atoms in total. The van der Waals surface area contributed by atoms with E-state index in [4.69, 9.17) is 0 Å². The maximum absolute atomic E-state index is 12.0. The van der Waals surface area contributed by atoms with Gasteiger partial charge in [0.1, 0.15) is 5.75 Å². The highest BCUT2D eigenvalue weighted by molar-refractivity contribution is 5.47. The van der Waals surface area contributed by atoms with Gasteiger partial charge in [-0.15, -0.1) is 13.2 Å². The van der Waals surface area contributed by atoms with Crippen molar-refractivity contribution in [2.75, 3.05) is 5.32 Å². The van der Waals surface area contributed by atoms with E-state index in [0.717, 1.165) is 31.4 Å². The molecule has 0 heterocycles. The minimum absolute atomic E-state index is 0.195. The van der Waals surface area contributed by atoms with Crippen LogP contribution in [0, 0.1) is 0 Å². The molecule has 1 atom stereocenters. The monoisotopic (exact) mass is 275 g/mol. The first-order valence-corrected chi connectivity index (χ1v) is 6.57. The number of unbranched alkanes of at least 4 members (excludes halogenated alkanes) is 1. The lowest BCUT2D eigenvalue weighted by atomic mass is 10.1. The molecule has 0 saturated carbocycles. The molecule has 5 heteroatoms. The van der Waals surface area contributed by atoms with Crippen molar-refractivity contribution < 1.29 is 17.9 Å². The zero-order chi connectivity index (χ0) is 14.3. The van der Waals surface area contributed by atoms with Crippen molar-refractivity contribution in [2.45, 2.75) is 51.9 Å². The third-order valence-electron chi connectivity index (χ3n) is 2.86. The maximum atomic E-state index is 12.0. The number of alkyl halides is 3. The van der Waals surface area contributed by atoms with Crippen LogP contribution in [0.5, 0.6) is 5.75 Å². The molecule has 19 heavy (non-hydrogen) atoms. The van der Waals surface area contributed by atoms with Gasteiger partial charge < -0.3 is 10.1 Å². The van der Waals surface area contributed by atoms with E-state index in [1.165, 1.54) is 12.1 Å². The van der Waals surface area contributed by atoms with Crippen LogP contribution in [-0.2, 0) is 0 Å². The molecular weight excluding hydrogens is 255 g/mol. The zero-order valence-corrected chi connectivity index (χ0v) is 11.3. The quantitative estimate of drug-likeness (QED) is 0.759. The van der Waals surface area contributed by atoms with Crippen molar-refractivity contribution in [1.29, 1.82) is 0 Å². The van der Waals surface area contributed by atoms with Crippen molar-refractivity contribution in [1.82, 2.24) is 0 Å². The highest BCUT2D eigenvalue weighted by Gasteiger charge is 2.30. The second-order valence-electron chi connectivity index (χ2n) is 4.46. The van der Waals surface area contributed by atoms with Crippen molar-refractivity contribution >= 4 is 5.69 Å². The van der Waals surface area contributed by atoms with Crippen molar-refractivity contribution in [3.8, 4) is 5.75 Å². The summed E-state index contributed by atoms with van der Waals surface area (Å²) in [6.07, 6.45) is -0.312. The van der Waals surface area contributed by atoms with E-state index >= 15 is 0 Å². The molecule has 0 fully saturated rings. The summed E-state index contributed by atoms with van der Waals surface area (Å²) in [4.78, 5) is 0. The predicted molar refractivity (Wildman–Crippen MR) is 70.4 cm³/mol. The molecule has 0 aliphatic rings. The van der Waals surface area contributed by atoms with Gasteiger partial charge in [-0.1, -0.05) is 26.7 Å². The lowest BCUT2D eigenvalue weighted by molar-refractivity contribution is -0.274. The van der Waals surface area contributed by atoms with Crippen LogP contribution < -0.4 is 10.1 Å². The van der Waals surface area contributed by atoms with Gasteiger partial charge in [-0.25, -0.2) is 0 Å². The number of hydrogen-bond acceptors (Lipinski definition) is 2. The van der Waals surface area contributed by atoms with Crippen LogP contribution in [0.2, 0.25) is 0 Å². The van der Waals surface area contributed by atoms with E-state index < -0.39 is 6.36 Å². The van der Waals surface area contributed by atoms with Crippen LogP contribution in [-0.4, -0.2) is 12.4 Å². The standard InChI is InChI=1S/C14H20F3NO/c1-3-5-6-11(4-2)18-12-7-9-13(10-8-12)19-14(15,16)17/h7-11,18H,3-6H2,1-2H3. The molecule has 1 N–H and O–H groups in total. The lowest BCUT2D eigenvalue weighted by Gasteiger charge is -2.18. The summed E-state index contributed by atoms with van der Waals surface area (Å²) < 4.78 is 39.8. The van der Waals surface area contributed by atoms with Gasteiger partial charge in [0.15, 0.2) is 0 Å². The Labute approximate surface area is 112 Å². The second-order valence-corrected chi connectivity index (χ2v) is 4.46. The Morgan fingerprint density at radius 2 is 1.79 bits per heavy atom. The zero-order valence-electron chi connectivity index (χ0n) is 11.3. The van der Waals surface area contributed by atoms with Crippen molar-refractivity contribution in [3.05, 3.63) is 24.3 Å². The number of nitrogens with one attached hydrogen (secondary N) is 1. The minimum Gasteiger partial charge on any atom is -0.406 e. The Hall–Kier alpha value is -1.39. The molecule has 0 spiro atoms. The van der Waals surface area contributed by atoms with Gasteiger partial charge in [-0.2, -0.15) is 0 Å². The van der Waals surface area contributed by atoms with E-state index in [9.17, 15) is 13.2 Å².